The Bertz CT molecular complexity index is 316. The molecule has 0 atom stereocenters. The van der Waals surface area contributed by atoms with Crippen LogP contribution in [0.3, 0.4) is 0 Å². The SMILES string of the molecule is CCc1cc(=S)n(O)cc1C. The van der Waals surface area contributed by atoms with E-state index in [0.29, 0.717) is 4.64 Å². The number of nitrogens with zero attached hydrogens (tertiary/aromatic N) is 1. The summed E-state index contributed by atoms with van der Waals surface area (Å²) in [6, 6.07) is 1.82. The van der Waals surface area contributed by atoms with E-state index in [4.69, 9.17) is 17.4 Å². The van der Waals surface area contributed by atoms with Crippen LogP contribution < -0.4 is 0 Å². The van der Waals surface area contributed by atoms with Crippen molar-refractivity contribution in [3.05, 3.63) is 28.0 Å². The fraction of sp³-hybridized carbons (Fsp3) is 0.375. The zero-order valence-corrected chi connectivity index (χ0v) is 7.48. The highest BCUT2D eigenvalue weighted by atomic mass is 32.1. The normalized spacial score (nSPS) is 10.0. The molecule has 0 saturated carbocycles. The van der Waals surface area contributed by atoms with Crippen LogP contribution in [0.15, 0.2) is 12.3 Å². The van der Waals surface area contributed by atoms with Crippen molar-refractivity contribution in [1.29, 1.82) is 0 Å². The van der Waals surface area contributed by atoms with Crippen molar-refractivity contribution in [1.82, 2.24) is 4.73 Å². The predicted molar refractivity (Wildman–Crippen MR) is 46.6 cm³/mol. The van der Waals surface area contributed by atoms with Crippen LogP contribution in [0.25, 0.3) is 0 Å². The second-order valence-electron chi connectivity index (χ2n) is 2.52. The molecule has 0 aliphatic rings. The van der Waals surface area contributed by atoms with Gasteiger partial charge in [-0.15, -0.1) is 0 Å². The highest BCUT2D eigenvalue weighted by molar-refractivity contribution is 7.71. The van der Waals surface area contributed by atoms with E-state index in [1.807, 2.05) is 13.0 Å². The molecule has 0 aromatic carbocycles. The molecule has 0 aliphatic heterocycles. The molecule has 1 aromatic heterocycles. The Hall–Kier alpha value is -0.830. The topological polar surface area (TPSA) is 25.2 Å². The zero-order valence-electron chi connectivity index (χ0n) is 6.66. The summed E-state index contributed by atoms with van der Waals surface area (Å²) >= 11 is 4.88. The molecular formula is C8H11NOS. The molecule has 1 aromatic rings. The lowest BCUT2D eigenvalue weighted by Gasteiger charge is -2.04. The second kappa shape index (κ2) is 3.05. The first-order chi connectivity index (χ1) is 5.15. The van der Waals surface area contributed by atoms with Crippen LogP contribution in [-0.4, -0.2) is 9.94 Å². The molecule has 3 heteroatoms. The monoisotopic (exact) mass is 169 g/mol. The van der Waals surface area contributed by atoms with Crippen LogP contribution >= 0.6 is 12.2 Å². The second-order valence-corrected chi connectivity index (χ2v) is 2.94. The number of aromatic nitrogens is 1. The molecular weight excluding hydrogens is 158 g/mol. The minimum absolute atomic E-state index is 0.465. The van der Waals surface area contributed by atoms with Gasteiger partial charge in [-0.1, -0.05) is 19.1 Å². The van der Waals surface area contributed by atoms with E-state index in [-0.39, 0.29) is 0 Å². The van der Waals surface area contributed by atoms with Gasteiger partial charge in [0.2, 0.25) is 0 Å². The van der Waals surface area contributed by atoms with Crippen LogP contribution in [-0.2, 0) is 6.42 Å². The van der Waals surface area contributed by atoms with Gasteiger partial charge in [0.15, 0.2) is 0 Å². The van der Waals surface area contributed by atoms with Gasteiger partial charge in [-0.3, -0.25) is 0 Å². The molecule has 2 nitrogen and oxygen atoms in total. The molecule has 11 heavy (non-hydrogen) atoms. The Labute approximate surface area is 71.1 Å². The highest BCUT2D eigenvalue weighted by Gasteiger charge is 1.96. The van der Waals surface area contributed by atoms with Crippen LogP contribution in [0.5, 0.6) is 0 Å². The predicted octanol–water partition coefficient (Wildman–Crippen LogP) is 2.33. The summed E-state index contributed by atoms with van der Waals surface area (Å²) in [5.41, 5.74) is 2.27. The summed E-state index contributed by atoms with van der Waals surface area (Å²) in [5, 5.41) is 9.13. The highest BCUT2D eigenvalue weighted by Crippen LogP contribution is 2.07. The summed E-state index contributed by atoms with van der Waals surface area (Å²) in [6.45, 7) is 4.03. The number of hydrogen-bond acceptors (Lipinski definition) is 2. The molecule has 0 unspecified atom stereocenters. The van der Waals surface area contributed by atoms with E-state index < -0.39 is 0 Å². The molecule has 0 aliphatic carbocycles. The van der Waals surface area contributed by atoms with Gasteiger partial charge in [0, 0.05) is 6.20 Å². The first-order valence-electron chi connectivity index (χ1n) is 3.56. The van der Waals surface area contributed by atoms with Crippen molar-refractivity contribution < 1.29 is 5.21 Å². The zero-order chi connectivity index (χ0) is 8.43. The summed E-state index contributed by atoms with van der Waals surface area (Å²) in [6.07, 6.45) is 2.59. The first-order valence-corrected chi connectivity index (χ1v) is 3.97. The third kappa shape index (κ3) is 1.60. The van der Waals surface area contributed by atoms with Crippen molar-refractivity contribution in [2.45, 2.75) is 20.3 Å². The first kappa shape index (κ1) is 8.27. The quantitative estimate of drug-likeness (QED) is 0.515. The Balaban J connectivity index is 3.32. The minimum Gasteiger partial charge on any atom is -0.428 e. The molecule has 0 fully saturated rings. The molecule has 0 amide bonds. The van der Waals surface area contributed by atoms with Crippen molar-refractivity contribution in [2.75, 3.05) is 0 Å². The van der Waals surface area contributed by atoms with E-state index in [2.05, 4.69) is 6.92 Å². The molecule has 0 saturated heterocycles. The molecule has 1 N–H and O–H groups in total. The van der Waals surface area contributed by atoms with Gasteiger partial charge in [0.1, 0.15) is 4.64 Å². The number of pyridine rings is 1. The molecule has 60 valence electrons. The van der Waals surface area contributed by atoms with Crippen molar-refractivity contribution in [3.63, 3.8) is 0 Å². The van der Waals surface area contributed by atoms with E-state index in [1.165, 1.54) is 5.56 Å². The number of hydrogen-bond donors (Lipinski definition) is 1. The van der Waals surface area contributed by atoms with Crippen molar-refractivity contribution >= 4 is 12.2 Å². The van der Waals surface area contributed by atoms with Crippen molar-refractivity contribution in [2.24, 2.45) is 0 Å². The maximum absolute atomic E-state index is 9.13. The Morgan fingerprint density at radius 3 is 2.82 bits per heavy atom. The fourth-order valence-electron chi connectivity index (χ4n) is 1.04. The van der Waals surface area contributed by atoms with E-state index in [1.54, 1.807) is 6.20 Å². The van der Waals surface area contributed by atoms with E-state index in [0.717, 1.165) is 16.7 Å². The minimum atomic E-state index is 0.465. The lowest BCUT2D eigenvalue weighted by Crippen LogP contribution is -1.97. The van der Waals surface area contributed by atoms with Crippen LogP contribution in [0.2, 0.25) is 0 Å². The van der Waals surface area contributed by atoms with Gasteiger partial charge in [0.25, 0.3) is 0 Å². The smallest absolute Gasteiger partial charge is 0.142 e. The summed E-state index contributed by atoms with van der Waals surface area (Å²) < 4.78 is 1.44. The Kier molecular flexibility index (Phi) is 2.29. The largest absolute Gasteiger partial charge is 0.428 e. The van der Waals surface area contributed by atoms with Gasteiger partial charge in [0.05, 0.1) is 0 Å². The van der Waals surface area contributed by atoms with Gasteiger partial charge < -0.3 is 5.21 Å². The van der Waals surface area contributed by atoms with Crippen LogP contribution in [0.4, 0.5) is 0 Å². The van der Waals surface area contributed by atoms with E-state index >= 15 is 0 Å². The van der Waals surface area contributed by atoms with Crippen LogP contribution in [0, 0.1) is 11.6 Å². The summed E-state index contributed by atoms with van der Waals surface area (Å²) in [5.74, 6) is 0. The fourth-order valence-corrected chi connectivity index (χ4v) is 1.23. The third-order valence-corrected chi connectivity index (χ3v) is 2.03. The maximum Gasteiger partial charge on any atom is 0.142 e. The Morgan fingerprint density at radius 1 is 1.64 bits per heavy atom. The van der Waals surface area contributed by atoms with Crippen LogP contribution in [0.1, 0.15) is 18.1 Å². The number of rotatable bonds is 1. The third-order valence-electron chi connectivity index (χ3n) is 1.73. The van der Waals surface area contributed by atoms with Gasteiger partial charge >= 0.3 is 0 Å². The average Bonchev–Trinajstić information content (AvgIpc) is 1.97. The summed E-state index contributed by atoms with van der Waals surface area (Å²) in [7, 11) is 0. The average molecular weight is 169 g/mol. The molecule has 1 heterocycles. The van der Waals surface area contributed by atoms with Gasteiger partial charge in [-0.05, 0) is 30.5 Å². The Morgan fingerprint density at radius 2 is 2.27 bits per heavy atom. The molecule has 0 radical (unpaired) electrons. The van der Waals surface area contributed by atoms with Gasteiger partial charge in [-0.25, -0.2) is 0 Å². The lowest BCUT2D eigenvalue weighted by molar-refractivity contribution is 0.179. The molecule has 0 spiro atoms. The maximum atomic E-state index is 9.13. The summed E-state index contributed by atoms with van der Waals surface area (Å²) in [4.78, 5) is 0. The molecule has 0 bridgehead atoms. The van der Waals surface area contributed by atoms with E-state index in [9.17, 15) is 0 Å². The molecule has 1 rings (SSSR count). The lowest BCUT2D eigenvalue weighted by atomic mass is 10.1. The number of aryl methyl sites for hydroxylation is 2. The van der Waals surface area contributed by atoms with Gasteiger partial charge in [-0.2, -0.15) is 4.73 Å². The van der Waals surface area contributed by atoms with Crippen molar-refractivity contribution in [3.8, 4) is 0 Å². The standard InChI is InChI=1S/C8H11NOS/c1-3-7-4-8(11)9(10)5-6(7)2/h4-5,10H,3H2,1-2H3.